The Kier molecular flexibility index (Phi) is 3.26. The molecule has 4 unspecified atom stereocenters. The van der Waals surface area contributed by atoms with Gasteiger partial charge in [0.25, 0.3) is 0 Å². The first-order chi connectivity index (χ1) is 8.51. The van der Waals surface area contributed by atoms with Crippen LogP contribution in [0.4, 0.5) is 26.3 Å². The highest BCUT2D eigenvalue weighted by Gasteiger charge is 2.49. The van der Waals surface area contributed by atoms with E-state index in [1.807, 2.05) is 0 Å². The van der Waals surface area contributed by atoms with Gasteiger partial charge in [-0.15, -0.1) is 0 Å². The van der Waals surface area contributed by atoms with E-state index < -0.39 is 35.3 Å². The number of alkyl halides is 6. The van der Waals surface area contributed by atoms with Crippen LogP contribution in [-0.2, 0) is 0 Å². The minimum atomic E-state index is -4.31. The number of halogens is 6. The molecule has 0 nitrogen and oxygen atoms in total. The van der Waals surface area contributed by atoms with Crippen LogP contribution in [0.25, 0.3) is 0 Å². The minimum Gasteiger partial charge on any atom is -0.166 e. The Morgan fingerprint density at radius 2 is 1.11 bits per heavy atom. The van der Waals surface area contributed by atoms with Crippen molar-refractivity contribution in [3.8, 4) is 0 Å². The predicted octanol–water partition coefficient (Wildman–Crippen LogP) is 4.89. The molecule has 0 spiro atoms. The quantitative estimate of drug-likeness (QED) is 0.500. The maximum atomic E-state index is 12.4. The normalized spacial score (nSPS) is 35.2. The van der Waals surface area contributed by atoms with E-state index in [0.29, 0.717) is 6.42 Å². The van der Waals surface area contributed by atoms with Crippen LogP contribution in [-0.4, -0.2) is 12.4 Å². The average molecular weight is 284 g/mol. The van der Waals surface area contributed by atoms with Crippen LogP contribution >= 0.6 is 0 Å². The third-order valence-electron chi connectivity index (χ3n) is 4.25. The molecule has 0 aromatic rings. The van der Waals surface area contributed by atoms with Gasteiger partial charge in [-0.25, -0.2) is 0 Å². The average Bonchev–Trinajstić information content (AvgIpc) is 2.20. The van der Waals surface area contributed by atoms with E-state index in [9.17, 15) is 26.3 Å². The molecule has 0 bridgehead atoms. The Bertz CT molecular complexity index is 385. The maximum Gasteiger partial charge on any atom is 0.412 e. The molecule has 2 rings (SSSR count). The molecule has 0 aliphatic heterocycles. The van der Waals surface area contributed by atoms with Crippen LogP contribution in [0.2, 0.25) is 0 Å². The molecule has 0 radical (unpaired) electrons. The van der Waals surface area contributed by atoms with E-state index in [2.05, 4.69) is 0 Å². The first kappa shape index (κ1) is 14.5. The summed E-state index contributed by atoms with van der Waals surface area (Å²) in [6.45, 7) is 2.95. The third kappa shape index (κ3) is 2.54. The number of allylic oxidation sites excluding steroid dienone is 4. The lowest BCUT2D eigenvalue weighted by Gasteiger charge is -2.41. The summed E-state index contributed by atoms with van der Waals surface area (Å²) in [7, 11) is 0. The Balaban J connectivity index is 1.97. The smallest absolute Gasteiger partial charge is 0.166 e. The Hall–Kier alpha value is -0.940. The topological polar surface area (TPSA) is 0 Å². The van der Waals surface area contributed by atoms with Crippen LogP contribution < -0.4 is 0 Å². The summed E-state index contributed by atoms with van der Waals surface area (Å²) in [5.41, 5.74) is -1.10. The van der Waals surface area contributed by atoms with Gasteiger partial charge in [0.2, 0.25) is 0 Å². The fourth-order valence-electron chi connectivity index (χ4n) is 2.84. The van der Waals surface area contributed by atoms with Crippen LogP contribution in [0.15, 0.2) is 23.3 Å². The third-order valence-corrected chi connectivity index (χ3v) is 4.25. The second kappa shape index (κ2) is 4.28. The summed E-state index contributed by atoms with van der Waals surface area (Å²) in [5.74, 6) is -1.77. The second-order valence-corrected chi connectivity index (χ2v) is 5.38. The van der Waals surface area contributed by atoms with E-state index in [1.54, 1.807) is 0 Å². The number of rotatable bonds is 2. The lowest BCUT2D eigenvalue weighted by atomic mass is 9.65. The molecule has 0 saturated heterocycles. The SMILES string of the molecule is CC1C(C(F)(F)F)=CC1CC1C=C(C(F)(F)F)C1C. The van der Waals surface area contributed by atoms with Gasteiger partial charge in [-0.05, 0) is 30.1 Å². The highest BCUT2D eigenvalue weighted by molar-refractivity contribution is 5.30. The molecular formula is C13H14F6. The molecule has 0 aromatic carbocycles. The molecule has 0 heterocycles. The van der Waals surface area contributed by atoms with Gasteiger partial charge in [0, 0.05) is 11.1 Å². The molecule has 0 aromatic heterocycles. The molecule has 0 saturated carbocycles. The van der Waals surface area contributed by atoms with Crippen molar-refractivity contribution in [1.29, 1.82) is 0 Å². The van der Waals surface area contributed by atoms with Crippen molar-refractivity contribution in [3.63, 3.8) is 0 Å². The van der Waals surface area contributed by atoms with Gasteiger partial charge in [-0.2, -0.15) is 26.3 Å². The summed E-state index contributed by atoms with van der Waals surface area (Å²) in [6, 6.07) is 0. The van der Waals surface area contributed by atoms with Crippen LogP contribution in [0.3, 0.4) is 0 Å². The van der Waals surface area contributed by atoms with Crippen molar-refractivity contribution in [1.82, 2.24) is 0 Å². The van der Waals surface area contributed by atoms with Crippen molar-refractivity contribution in [2.24, 2.45) is 23.7 Å². The van der Waals surface area contributed by atoms with Crippen molar-refractivity contribution < 1.29 is 26.3 Å². The zero-order valence-corrected chi connectivity index (χ0v) is 10.4. The maximum absolute atomic E-state index is 12.4. The van der Waals surface area contributed by atoms with Gasteiger partial charge in [0.15, 0.2) is 0 Å². The van der Waals surface area contributed by atoms with Crippen LogP contribution in [0, 0.1) is 23.7 Å². The zero-order chi connectivity index (χ0) is 14.6. The molecular weight excluding hydrogens is 270 g/mol. The van der Waals surface area contributed by atoms with Crippen molar-refractivity contribution >= 4 is 0 Å². The highest BCUT2D eigenvalue weighted by atomic mass is 19.4. The molecule has 0 fully saturated rings. The van der Waals surface area contributed by atoms with Gasteiger partial charge >= 0.3 is 12.4 Å². The largest absolute Gasteiger partial charge is 0.412 e. The summed E-state index contributed by atoms with van der Waals surface area (Å²) in [5, 5.41) is 0. The van der Waals surface area contributed by atoms with Gasteiger partial charge in [-0.3, -0.25) is 0 Å². The minimum absolute atomic E-state index is 0.268. The molecule has 2 aliphatic carbocycles. The molecule has 0 N–H and O–H groups in total. The molecule has 108 valence electrons. The summed E-state index contributed by atoms with van der Waals surface area (Å²) >= 11 is 0. The predicted molar refractivity (Wildman–Crippen MR) is 58.2 cm³/mol. The summed E-state index contributed by atoms with van der Waals surface area (Å²) in [4.78, 5) is 0. The van der Waals surface area contributed by atoms with Crippen LogP contribution in [0.5, 0.6) is 0 Å². The second-order valence-electron chi connectivity index (χ2n) is 5.38. The highest BCUT2D eigenvalue weighted by Crippen LogP contribution is 2.51. The Morgan fingerprint density at radius 3 is 1.32 bits per heavy atom. The lowest BCUT2D eigenvalue weighted by molar-refractivity contribution is -0.109. The van der Waals surface area contributed by atoms with E-state index in [1.165, 1.54) is 13.8 Å². The van der Waals surface area contributed by atoms with E-state index in [4.69, 9.17) is 0 Å². The molecule has 2 aliphatic rings. The van der Waals surface area contributed by atoms with Gasteiger partial charge in [0.1, 0.15) is 0 Å². The standard InChI is InChI=1S/C13H14F6/c1-6-8(4-10(6)12(14,15)16)3-9-5-11(7(9)2)13(17,18)19/h4-9H,3H2,1-2H3. The Labute approximate surface area is 107 Å². The lowest BCUT2D eigenvalue weighted by Crippen LogP contribution is -2.37. The Morgan fingerprint density at radius 1 is 0.789 bits per heavy atom. The van der Waals surface area contributed by atoms with Gasteiger partial charge in [0.05, 0.1) is 0 Å². The zero-order valence-electron chi connectivity index (χ0n) is 10.4. The molecule has 19 heavy (non-hydrogen) atoms. The monoisotopic (exact) mass is 284 g/mol. The van der Waals surface area contributed by atoms with Gasteiger partial charge in [-0.1, -0.05) is 26.0 Å². The van der Waals surface area contributed by atoms with E-state index in [0.717, 1.165) is 12.2 Å². The van der Waals surface area contributed by atoms with E-state index >= 15 is 0 Å². The molecule has 6 heteroatoms. The van der Waals surface area contributed by atoms with Crippen LogP contribution in [0.1, 0.15) is 20.3 Å². The number of hydrogen-bond acceptors (Lipinski definition) is 0. The summed E-state index contributed by atoms with van der Waals surface area (Å²) < 4.78 is 74.5. The fourth-order valence-corrected chi connectivity index (χ4v) is 2.84. The van der Waals surface area contributed by atoms with Crippen molar-refractivity contribution in [2.45, 2.75) is 32.6 Å². The van der Waals surface area contributed by atoms with Gasteiger partial charge < -0.3 is 0 Å². The molecule has 0 amide bonds. The van der Waals surface area contributed by atoms with Crippen molar-refractivity contribution in [2.75, 3.05) is 0 Å². The summed E-state index contributed by atoms with van der Waals surface area (Å²) in [6.07, 6.45) is -5.96. The number of hydrogen-bond donors (Lipinski definition) is 0. The first-order valence-corrected chi connectivity index (χ1v) is 6.09. The van der Waals surface area contributed by atoms with Crippen molar-refractivity contribution in [3.05, 3.63) is 23.3 Å². The van der Waals surface area contributed by atoms with E-state index in [-0.39, 0.29) is 11.8 Å². The first-order valence-electron chi connectivity index (χ1n) is 6.09. The molecule has 4 atom stereocenters. The fraction of sp³-hybridized carbons (Fsp3) is 0.692.